The van der Waals surface area contributed by atoms with Crippen LogP contribution in [0.15, 0.2) is 84.9 Å². The fraction of sp³-hybridized carbons (Fsp3) is 0.385. The Balaban J connectivity index is 1.44. The number of ether oxygens (including phenoxy) is 2. The van der Waals surface area contributed by atoms with Gasteiger partial charge in [-0.1, -0.05) is 62.4 Å². The lowest BCUT2D eigenvalue weighted by molar-refractivity contribution is -0.790. The summed E-state index contributed by atoms with van der Waals surface area (Å²) in [5.41, 5.74) is 4.46. The maximum absolute atomic E-state index is 14.2. The normalized spacial score (nSPS) is 12.8. The highest BCUT2D eigenvalue weighted by atomic mass is 19.1. The standard InChI is InChI=1S/C39H45FN4O12/c1-26(2)37-36(39(48)41-30-12-7-4-8-13-30)35(27-10-5-3-6-11-27)38(28-14-16-29(40)17-15-28)42(37)19-18-31(45)22-32(46)23-34(47)54-21-9-20-53-24-33(56-44(51)52)25-55-43(49)50/h3-8,10-17,26,31-33,45-46H,9,18-25H2,1-2H3,(H,41,48)/t31-,32-,33?/m1/s1. The molecular formula is C39H45FN4O12. The molecule has 3 atom stereocenters. The lowest BCUT2D eigenvalue weighted by atomic mass is 9.94. The van der Waals surface area contributed by atoms with Crippen molar-refractivity contribution >= 4 is 17.6 Å². The summed E-state index contributed by atoms with van der Waals surface area (Å²) in [6.07, 6.45) is -3.90. The van der Waals surface area contributed by atoms with Crippen LogP contribution in [0.2, 0.25) is 0 Å². The Hall–Kier alpha value is -5.91. The maximum atomic E-state index is 14.2. The first-order chi connectivity index (χ1) is 26.8. The fourth-order valence-electron chi connectivity index (χ4n) is 6.19. The molecule has 0 fully saturated rings. The van der Waals surface area contributed by atoms with Crippen LogP contribution in [0.1, 0.15) is 61.5 Å². The second-order valence-corrected chi connectivity index (χ2v) is 13.1. The van der Waals surface area contributed by atoms with E-state index in [9.17, 15) is 44.4 Å². The number of aliphatic hydroxyl groups excluding tert-OH is 2. The summed E-state index contributed by atoms with van der Waals surface area (Å²) in [5.74, 6) is -1.67. The monoisotopic (exact) mass is 780 g/mol. The second-order valence-electron chi connectivity index (χ2n) is 13.1. The molecule has 1 unspecified atom stereocenters. The van der Waals surface area contributed by atoms with Crippen LogP contribution in [0, 0.1) is 26.0 Å². The molecule has 0 saturated heterocycles. The number of nitrogens with zero attached hydrogens (tertiary/aromatic N) is 3. The quantitative estimate of drug-likeness (QED) is 0.0344. The number of halogens is 1. The van der Waals surface area contributed by atoms with Gasteiger partial charge in [0.15, 0.2) is 6.10 Å². The Bertz CT molecular complexity index is 1890. The maximum Gasteiger partial charge on any atom is 0.308 e. The molecule has 0 bridgehead atoms. The topological polar surface area (TPSA) is 215 Å². The first kappa shape index (κ1) is 42.8. The molecule has 4 aromatic rings. The van der Waals surface area contributed by atoms with Crippen LogP contribution < -0.4 is 5.32 Å². The molecule has 4 rings (SSSR count). The van der Waals surface area contributed by atoms with E-state index >= 15 is 0 Å². The van der Waals surface area contributed by atoms with Crippen molar-refractivity contribution in [1.82, 2.24) is 4.57 Å². The second kappa shape index (κ2) is 21.3. The van der Waals surface area contributed by atoms with Crippen LogP contribution in [-0.2, 0) is 30.5 Å². The Morgan fingerprint density at radius 2 is 1.52 bits per heavy atom. The number of amides is 1. The van der Waals surface area contributed by atoms with Gasteiger partial charge in [-0.15, -0.1) is 20.2 Å². The third-order valence-electron chi connectivity index (χ3n) is 8.52. The number of anilines is 1. The van der Waals surface area contributed by atoms with E-state index in [1.807, 2.05) is 66.9 Å². The van der Waals surface area contributed by atoms with E-state index in [1.165, 1.54) is 12.1 Å². The highest BCUT2D eigenvalue weighted by Crippen LogP contribution is 2.42. The molecule has 3 aromatic carbocycles. The number of carbonyl (C=O) groups excluding carboxylic acids is 2. The summed E-state index contributed by atoms with van der Waals surface area (Å²) in [5, 5.41) is 43.4. The van der Waals surface area contributed by atoms with Crippen LogP contribution >= 0.6 is 0 Å². The number of rotatable bonds is 23. The zero-order valence-corrected chi connectivity index (χ0v) is 31.0. The Labute approximate surface area is 322 Å². The molecule has 16 nitrogen and oxygen atoms in total. The highest BCUT2D eigenvalue weighted by Gasteiger charge is 2.31. The molecule has 300 valence electrons. The molecule has 0 saturated carbocycles. The molecule has 17 heteroatoms. The zero-order chi connectivity index (χ0) is 40.6. The van der Waals surface area contributed by atoms with Crippen molar-refractivity contribution < 1.29 is 53.5 Å². The van der Waals surface area contributed by atoms with Crippen LogP contribution in [0.4, 0.5) is 10.1 Å². The minimum absolute atomic E-state index is 0.0239. The van der Waals surface area contributed by atoms with E-state index in [0.29, 0.717) is 33.8 Å². The molecule has 1 amide bonds. The summed E-state index contributed by atoms with van der Waals surface area (Å²) < 4.78 is 26.5. The van der Waals surface area contributed by atoms with Crippen LogP contribution in [0.5, 0.6) is 0 Å². The van der Waals surface area contributed by atoms with Crippen LogP contribution in [0.3, 0.4) is 0 Å². The average molecular weight is 781 g/mol. The number of carbonyl (C=O) groups is 2. The number of hydrogen-bond donors (Lipinski definition) is 3. The van der Waals surface area contributed by atoms with Gasteiger partial charge in [-0.2, -0.15) is 0 Å². The van der Waals surface area contributed by atoms with E-state index in [0.717, 1.165) is 5.56 Å². The van der Waals surface area contributed by atoms with E-state index in [2.05, 4.69) is 15.0 Å². The van der Waals surface area contributed by atoms with Gasteiger partial charge in [0, 0.05) is 36.5 Å². The van der Waals surface area contributed by atoms with Gasteiger partial charge in [0.05, 0.1) is 43.1 Å². The number of para-hydroxylation sites is 1. The zero-order valence-electron chi connectivity index (χ0n) is 31.0. The molecule has 0 aliphatic rings. The number of nitrogens with one attached hydrogen (secondary N) is 1. The highest BCUT2D eigenvalue weighted by molar-refractivity contribution is 6.12. The third-order valence-corrected chi connectivity index (χ3v) is 8.52. The van der Waals surface area contributed by atoms with Gasteiger partial charge in [-0.25, -0.2) is 4.39 Å². The van der Waals surface area contributed by atoms with E-state index < -0.39 is 53.3 Å². The number of aromatic nitrogens is 1. The molecule has 56 heavy (non-hydrogen) atoms. The number of benzene rings is 3. The van der Waals surface area contributed by atoms with Crippen molar-refractivity contribution in [3.05, 3.63) is 122 Å². The minimum atomic E-state index is -1.34. The van der Waals surface area contributed by atoms with Gasteiger partial charge in [0.2, 0.25) is 0 Å². The van der Waals surface area contributed by atoms with Crippen molar-refractivity contribution in [2.75, 3.05) is 31.7 Å². The summed E-state index contributed by atoms with van der Waals surface area (Å²) in [6, 6.07) is 24.4. The molecule has 0 spiro atoms. The molecule has 0 radical (unpaired) electrons. The van der Waals surface area contributed by atoms with Gasteiger partial charge in [0.1, 0.15) is 12.4 Å². The molecule has 0 aliphatic heterocycles. The van der Waals surface area contributed by atoms with E-state index in [4.69, 9.17) is 9.47 Å². The lowest BCUT2D eigenvalue weighted by Crippen LogP contribution is -2.29. The van der Waals surface area contributed by atoms with Crippen molar-refractivity contribution in [2.45, 2.75) is 70.3 Å². The molecule has 1 aromatic heterocycles. The first-order valence-corrected chi connectivity index (χ1v) is 18.0. The predicted molar refractivity (Wildman–Crippen MR) is 201 cm³/mol. The minimum Gasteiger partial charge on any atom is -0.466 e. The number of esters is 1. The van der Waals surface area contributed by atoms with Crippen LogP contribution in [-0.4, -0.2) is 81.6 Å². The van der Waals surface area contributed by atoms with Gasteiger partial charge >= 0.3 is 5.97 Å². The summed E-state index contributed by atoms with van der Waals surface area (Å²) in [6.45, 7) is 2.90. The molecule has 0 aliphatic carbocycles. The van der Waals surface area contributed by atoms with Crippen molar-refractivity contribution in [3.63, 3.8) is 0 Å². The van der Waals surface area contributed by atoms with Gasteiger partial charge < -0.3 is 39.2 Å². The lowest BCUT2D eigenvalue weighted by Gasteiger charge is -2.20. The SMILES string of the molecule is CC(C)c1c(C(=O)Nc2ccccc2)c(-c2ccccc2)c(-c2ccc(F)cc2)n1CC[C@@H](O)C[C@@H](O)CC(=O)OCCCOCC(CO[N+](=O)[O-])O[N+](=O)[O-]. The van der Waals surface area contributed by atoms with E-state index in [-0.39, 0.29) is 57.5 Å². The molecular weight excluding hydrogens is 735 g/mol. The van der Waals surface area contributed by atoms with Crippen molar-refractivity contribution in [2.24, 2.45) is 0 Å². The summed E-state index contributed by atoms with van der Waals surface area (Å²) >= 11 is 0. The van der Waals surface area contributed by atoms with Crippen LogP contribution in [0.25, 0.3) is 22.4 Å². The fourth-order valence-corrected chi connectivity index (χ4v) is 6.19. The Kier molecular flexibility index (Phi) is 16.3. The molecule has 3 N–H and O–H groups in total. The third kappa shape index (κ3) is 12.9. The van der Waals surface area contributed by atoms with Gasteiger partial charge in [0.25, 0.3) is 16.1 Å². The van der Waals surface area contributed by atoms with Gasteiger partial charge in [-0.3, -0.25) is 9.59 Å². The number of hydrogen-bond acceptors (Lipinski definition) is 12. The predicted octanol–water partition coefficient (Wildman–Crippen LogP) is 5.96. The summed E-state index contributed by atoms with van der Waals surface area (Å²) in [4.78, 5) is 55.9. The summed E-state index contributed by atoms with van der Waals surface area (Å²) in [7, 11) is 0. The smallest absolute Gasteiger partial charge is 0.308 e. The van der Waals surface area contributed by atoms with Gasteiger partial charge in [-0.05, 0) is 66.3 Å². The van der Waals surface area contributed by atoms with E-state index in [1.54, 1.807) is 24.3 Å². The Morgan fingerprint density at radius 1 is 0.857 bits per heavy atom. The van der Waals surface area contributed by atoms with Crippen molar-refractivity contribution in [1.29, 1.82) is 0 Å². The Morgan fingerprint density at radius 3 is 2.14 bits per heavy atom. The average Bonchev–Trinajstić information content (AvgIpc) is 3.50. The first-order valence-electron chi connectivity index (χ1n) is 18.0. The molecule has 1 heterocycles. The number of aliphatic hydroxyl groups is 2. The largest absolute Gasteiger partial charge is 0.466 e. The van der Waals surface area contributed by atoms with Crippen molar-refractivity contribution in [3.8, 4) is 22.4 Å².